The van der Waals surface area contributed by atoms with Gasteiger partial charge in [0, 0.05) is 12.6 Å². The van der Waals surface area contributed by atoms with E-state index in [0.717, 1.165) is 25.2 Å². The van der Waals surface area contributed by atoms with Crippen molar-refractivity contribution in [3.05, 3.63) is 23.8 Å². The number of nitrogens with one attached hydrogen (secondary N) is 1. The maximum atomic E-state index is 8.83. The second-order valence-electron chi connectivity index (χ2n) is 4.77. The highest BCUT2D eigenvalue weighted by Gasteiger charge is 2.03. The first-order chi connectivity index (χ1) is 8.54. The van der Waals surface area contributed by atoms with Gasteiger partial charge in [0.2, 0.25) is 0 Å². The van der Waals surface area contributed by atoms with Crippen LogP contribution in [-0.2, 0) is 0 Å². The lowest BCUT2D eigenvalue weighted by Crippen LogP contribution is -2.28. The molecular formula is C14H22N4. The van der Waals surface area contributed by atoms with Crippen LogP contribution >= 0.6 is 0 Å². The van der Waals surface area contributed by atoms with Gasteiger partial charge in [-0.2, -0.15) is 5.26 Å². The number of benzene rings is 1. The van der Waals surface area contributed by atoms with Crippen molar-refractivity contribution < 1.29 is 0 Å². The second-order valence-corrected chi connectivity index (χ2v) is 4.77. The number of anilines is 2. The summed E-state index contributed by atoms with van der Waals surface area (Å²) in [5.41, 5.74) is 8.02. The van der Waals surface area contributed by atoms with Crippen LogP contribution in [0.2, 0.25) is 0 Å². The number of hydrogen-bond acceptors (Lipinski definition) is 4. The molecule has 0 saturated heterocycles. The minimum atomic E-state index is 0.567. The average Bonchev–Trinajstić information content (AvgIpc) is 2.36. The summed E-state index contributed by atoms with van der Waals surface area (Å²) in [6.45, 7) is 6.27. The van der Waals surface area contributed by atoms with E-state index in [1.165, 1.54) is 0 Å². The Morgan fingerprint density at radius 2 is 2.17 bits per heavy atom. The zero-order valence-electron chi connectivity index (χ0n) is 11.4. The van der Waals surface area contributed by atoms with E-state index in [4.69, 9.17) is 11.0 Å². The third-order valence-electron chi connectivity index (χ3n) is 3.07. The zero-order chi connectivity index (χ0) is 13.5. The summed E-state index contributed by atoms with van der Waals surface area (Å²) in [7, 11) is 2.12. The van der Waals surface area contributed by atoms with E-state index >= 15 is 0 Å². The molecule has 0 atom stereocenters. The van der Waals surface area contributed by atoms with Crippen LogP contribution in [0.25, 0.3) is 0 Å². The molecular weight excluding hydrogens is 224 g/mol. The molecule has 0 saturated carbocycles. The van der Waals surface area contributed by atoms with Gasteiger partial charge < -0.3 is 16.0 Å². The highest BCUT2D eigenvalue weighted by Crippen LogP contribution is 2.19. The maximum absolute atomic E-state index is 8.83. The van der Waals surface area contributed by atoms with Gasteiger partial charge in [0.05, 0.1) is 23.0 Å². The predicted molar refractivity (Wildman–Crippen MR) is 76.4 cm³/mol. The minimum Gasteiger partial charge on any atom is -0.397 e. The molecule has 18 heavy (non-hydrogen) atoms. The summed E-state index contributed by atoms with van der Waals surface area (Å²) in [6, 6.07) is 7.97. The molecule has 4 nitrogen and oxygen atoms in total. The summed E-state index contributed by atoms with van der Waals surface area (Å²) < 4.78 is 0. The fraction of sp³-hybridized carbons (Fsp3) is 0.500. The van der Waals surface area contributed by atoms with Crippen LogP contribution < -0.4 is 11.1 Å². The first-order valence-corrected chi connectivity index (χ1v) is 6.28. The fourth-order valence-corrected chi connectivity index (χ4v) is 1.59. The van der Waals surface area contributed by atoms with Crippen molar-refractivity contribution in [3.8, 4) is 6.07 Å². The quantitative estimate of drug-likeness (QED) is 0.597. The zero-order valence-corrected chi connectivity index (χ0v) is 11.4. The highest BCUT2D eigenvalue weighted by atomic mass is 15.1. The first kappa shape index (κ1) is 14.3. The van der Waals surface area contributed by atoms with Gasteiger partial charge in [0.25, 0.3) is 0 Å². The molecule has 0 heterocycles. The summed E-state index contributed by atoms with van der Waals surface area (Å²) >= 11 is 0. The third kappa shape index (κ3) is 4.27. The Kier molecular flexibility index (Phi) is 5.47. The maximum Gasteiger partial charge on any atom is 0.0992 e. The van der Waals surface area contributed by atoms with Crippen molar-refractivity contribution in [3.63, 3.8) is 0 Å². The van der Waals surface area contributed by atoms with E-state index in [1.807, 2.05) is 0 Å². The Labute approximate surface area is 109 Å². The van der Waals surface area contributed by atoms with Gasteiger partial charge in [0.15, 0.2) is 0 Å². The van der Waals surface area contributed by atoms with Crippen LogP contribution in [0.1, 0.15) is 25.8 Å². The molecule has 0 radical (unpaired) electrons. The summed E-state index contributed by atoms with van der Waals surface area (Å²) in [5, 5.41) is 12.1. The van der Waals surface area contributed by atoms with E-state index in [-0.39, 0.29) is 0 Å². The standard InChI is InChI=1S/C14H22N4/c1-11(2)18(3)8-4-7-17-14-9-12(10-15)5-6-13(14)16/h5-6,9,11,17H,4,7-8,16H2,1-3H3. The number of nitrogen functional groups attached to an aromatic ring is 1. The Hall–Kier alpha value is -1.73. The second kappa shape index (κ2) is 6.87. The molecule has 3 N–H and O–H groups in total. The van der Waals surface area contributed by atoms with Crippen molar-refractivity contribution in [1.29, 1.82) is 5.26 Å². The van der Waals surface area contributed by atoms with Gasteiger partial charge in [0.1, 0.15) is 0 Å². The SMILES string of the molecule is CC(C)N(C)CCCNc1cc(C#N)ccc1N. The number of hydrogen-bond donors (Lipinski definition) is 2. The third-order valence-corrected chi connectivity index (χ3v) is 3.07. The number of nitrogens with zero attached hydrogens (tertiary/aromatic N) is 2. The summed E-state index contributed by atoms with van der Waals surface area (Å²) in [6.07, 6.45) is 1.05. The van der Waals surface area contributed by atoms with Crippen LogP contribution in [0.15, 0.2) is 18.2 Å². The van der Waals surface area contributed by atoms with Crippen LogP contribution in [0.4, 0.5) is 11.4 Å². The van der Waals surface area contributed by atoms with Crippen molar-refractivity contribution in [1.82, 2.24) is 4.90 Å². The molecule has 1 aromatic carbocycles. The van der Waals surface area contributed by atoms with E-state index < -0.39 is 0 Å². The Balaban J connectivity index is 2.42. The highest BCUT2D eigenvalue weighted by molar-refractivity contribution is 5.68. The van der Waals surface area contributed by atoms with Gasteiger partial charge in [-0.1, -0.05) is 0 Å². The smallest absolute Gasteiger partial charge is 0.0992 e. The van der Waals surface area contributed by atoms with Crippen LogP contribution in [0, 0.1) is 11.3 Å². The Bertz CT molecular complexity index is 420. The molecule has 4 heteroatoms. The molecule has 0 aliphatic carbocycles. The van der Waals surface area contributed by atoms with Crippen LogP contribution in [-0.4, -0.2) is 31.1 Å². The van der Waals surface area contributed by atoms with E-state index in [9.17, 15) is 0 Å². The lowest BCUT2D eigenvalue weighted by molar-refractivity contribution is 0.273. The van der Waals surface area contributed by atoms with Crippen molar-refractivity contribution in [2.75, 3.05) is 31.2 Å². The predicted octanol–water partition coefficient (Wildman–Crippen LogP) is 2.28. The number of rotatable bonds is 6. The van der Waals surface area contributed by atoms with Gasteiger partial charge in [-0.25, -0.2) is 0 Å². The average molecular weight is 246 g/mol. The largest absolute Gasteiger partial charge is 0.397 e. The lowest BCUT2D eigenvalue weighted by Gasteiger charge is -2.21. The van der Waals surface area contributed by atoms with Crippen LogP contribution in [0.5, 0.6) is 0 Å². The Morgan fingerprint density at radius 3 is 2.78 bits per heavy atom. The Morgan fingerprint density at radius 1 is 1.44 bits per heavy atom. The molecule has 0 amide bonds. The molecule has 98 valence electrons. The molecule has 0 unspecified atom stereocenters. The lowest BCUT2D eigenvalue weighted by atomic mass is 10.2. The van der Waals surface area contributed by atoms with E-state index in [2.05, 4.69) is 37.2 Å². The molecule has 1 aromatic rings. The minimum absolute atomic E-state index is 0.567. The normalized spacial score (nSPS) is 10.7. The molecule has 0 aliphatic heterocycles. The van der Waals surface area contributed by atoms with Crippen molar-refractivity contribution in [2.45, 2.75) is 26.3 Å². The molecule has 0 bridgehead atoms. The number of nitrogens with two attached hydrogens (primary N) is 1. The molecule has 0 spiro atoms. The summed E-state index contributed by atoms with van der Waals surface area (Å²) in [5.74, 6) is 0. The molecule has 1 rings (SSSR count). The van der Waals surface area contributed by atoms with Gasteiger partial charge in [-0.15, -0.1) is 0 Å². The monoisotopic (exact) mass is 246 g/mol. The van der Waals surface area contributed by atoms with Crippen molar-refractivity contribution in [2.24, 2.45) is 0 Å². The van der Waals surface area contributed by atoms with Gasteiger partial charge in [-0.3, -0.25) is 0 Å². The molecule has 0 aliphatic rings. The number of nitriles is 1. The topological polar surface area (TPSA) is 65.1 Å². The molecule has 0 fully saturated rings. The summed E-state index contributed by atoms with van der Waals surface area (Å²) in [4.78, 5) is 2.30. The first-order valence-electron chi connectivity index (χ1n) is 6.28. The van der Waals surface area contributed by atoms with Crippen molar-refractivity contribution >= 4 is 11.4 Å². The fourth-order valence-electron chi connectivity index (χ4n) is 1.59. The van der Waals surface area contributed by atoms with E-state index in [1.54, 1.807) is 18.2 Å². The van der Waals surface area contributed by atoms with E-state index in [0.29, 0.717) is 17.3 Å². The molecule has 0 aromatic heterocycles. The van der Waals surface area contributed by atoms with Gasteiger partial charge >= 0.3 is 0 Å². The van der Waals surface area contributed by atoms with Crippen LogP contribution in [0.3, 0.4) is 0 Å². The van der Waals surface area contributed by atoms with Gasteiger partial charge in [-0.05, 0) is 52.1 Å².